The predicted octanol–water partition coefficient (Wildman–Crippen LogP) is 3.78. The Morgan fingerprint density at radius 2 is 2.00 bits per heavy atom. The Hall–Kier alpha value is -1.59. The molecule has 96 valence electrons. The van der Waals surface area contributed by atoms with Gasteiger partial charge in [-0.1, -0.05) is 0 Å². The first-order valence-electron chi connectivity index (χ1n) is 5.58. The molecule has 2 heterocycles. The van der Waals surface area contributed by atoms with Gasteiger partial charge >= 0.3 is 0 Å². The quantitative estimate of drug-likeness (QED) is 0.788. The minimum atomic E-state index is -0.244. The number of aromatic nitrogens is 2. The number of nitrogens with zero attached hydrogens (tertiary/aromatic N) is 3. The minimum absolute atomic E-state index is 0.216. The predicted molar refractivity (Wildman–Crippen MR) is 76.4 cm³/mol. The van der Waals surface area contributed by atoms with Gasteiger partial charge in [0.05, 0.1) is 11.6 Å². The van der Waals surface area contributed by atoms with E-state index in [4.69, 9.17) is 11.6 Å². The summed E-state index contributed by atoms with van der Waals surface area (Å²) in [5, 5.41) is 2.25. The Balaban J connectivity index is 1.95. The van der Waals surface area contributed by atoms with Crippen LogP contribution in [0.1, 0.15) is 5.56 Å². The maximum atomic E-state index is 13.0. The lowest BCUT2D eigenvalue weighted by molar-refractivity contribution is 0.627. The molecule has 1 aliphatic heterocycles. The molecular formula is C13H9ClFN3S. The molecule has 1 aromatic heterocycles. The Morgan fingerprint density at radius 3 is 2.74 bits per heavy atom. The molecule has 3 rings (SSSR count). The summed E-state index contributed by atoms with van der Waals surface area (Å²) in [5.74, 6) is 1.24. The Bertz CT molecular complexity index is 630. The number of anilines is 1. The fourth-order valence-corrected chi connectivity index (χ4v) is 2.89. The van der Waals surface area contributed by atoms with Gasteiger partial charge in [0.25, 0.3) is 0 Å². The van der Waals surface area contributed by atoms with E-state index in [0.29, 0.717) is 0 Å². The lowest BCUT2D eigenvalue weighted by Gasteiger charge is -2.20. The summed E-state index contributed by atoms with van der Waals surface area (Å²) in [6.45, 7) is 0. The van der Waals surface area contributed by atoms with Crippen molar-refractivity contribution in [3.8, 4) is 0 Å². The van der Waals surface area contributed by atoms with Gasteiger partial charge in [-0.05, 0) is 52.9 Å². The van der Waals surface area contributed by atoms with Gasteiger partial charge in [0.15, 0.2) is 0 Å². The molecule has 0 saturated carbocycles. The largest absolute Gasteiger partial charge is 0.315 e. The third kappa shape index (κ3) is 2.57. The normalized spacial score (nSPS) is 14.6. The highest BCUT2D eigenvalue weighted by Crippen LogP contribution is 2.34. The zero-order valence-corrected chi connectivity index (χ0v) is 11.3. The summed E-state index contributed by atoms with van der Waals surface area (Å²) in [4.78, 5) is 10.1. The molecule has 0 unspecified atom stereocenters. The molecule has 1 aliphatic rings. The fraction of sp³-hybridized carbons (Fsp3) is 0.0769. The van der Waals surface area contributed by atoms with Gasteiger partial charge in [-0.25, -0.2) is 14.4 Å². The highest BCUT2D eigenvalue weighted by molar-refractivity contribution is 8.02. The van der Waals surface area contributed by atoms with E-state index in [-0.39, 0.29) is 11.1 Å². The zero-order chi connectivity index (χ0) is 13.2. The lowest BCUT2D eigenvalue weighted by Crippen LogP contribution is -2.18. The van der Waals surface area contributed by atoms with Crippen molar-refractivity contribution in [2.75, 3.05) is 10.8 Å². The topological polar surface area (TPSA) is 29.0 Å². The van der Waals surface area contributed by atoms with Crippen LogP contribution in [-0.2, 0) is 0 Å². The second-order valence-electron chi connectivity index (χ2n) is 3.92. The van der Waals surface area contributed by atoms with Gasteiger partial charge in [0.1, 0.15) is 11.6 Å². The van der Waals surface area contributed by atoms with Crippen molar-refractivity contribution in [2.24, 2.45) is 0 Å². The van der Waals surface area contributed by atoms with Crippen LogP contribution in [0.5, 0.6) is 0 Å². The van der Waals surface area contributed by atoms with Crippen molar-refractivity contribution in [3.05, 3.63) is 58.6 Å². The third-order valence-corrected chi connectivity index (χ3v) is 3.70. The first kappa shape index (κ1) is 12.4. The smallest absolute Gasteiger partial charge is 0.224 e. The Kier molecular flexibility index (Phi) is 3.40. The van der Waals surface area contributed by atoms with Crippen LogP contribution in [0.25, 0.3) is 5.70 Å². The molecule has 0 atom stereocenters. The van der Waals surface area contributed by atoms with E-state index in [1.807, 2.05) is 10.3 Å². The third-order valence-electron chi connectivity index (χ3n) is 2.72. The van der Waals surface area contributed by atoms with Crippen LogP contribution in [0.4, 0.5) is 10.2 Å². The first-order valence-corrected chi connectivity index (χ1v) is 7.00. The fourth-order valence-electron chi connectivity index (χ4n) is 1.83. The summed E-state index contributed by atoms with van der Waals surface area (Å²) < 4.78 is 13.0. The van der Waals surface area contributed by atoms with E-state index < -0.39 is 0 Å². The van der Waals surface area contributed by atoms with E-state index in [1.165, 1.54) is 12.1 Å². The average Bonchev–Trinajstić information content (AvgIpc) is 2.89. The monoisotopic (exact) mass is 293 g/mol. The van der Waals surface area contributed by atoms with Gasteiger partial charge in [-0.3, -0.25) is 0 Å². The summed E-state index contributed by atoms with van der Waals surface area (Å²) in [5.41, 5.74) is 1.93. The molecule has 0 spiro atoms. The molecule has 0 aliphatic carbocycles. The average molecular weight is 294 g/mol. The maximum Gasteiger partial charge on any atom is 0.224 e. The number of hydrogen-bond acceptors (Lipinski definition) is 4. The number of thioether (sulfide) groups is 1. The summed E-state index contributed by atoms with van der Waals surface area (Å²) in [7, 11) is 0. The highest BCUT2D eigenvalue weighted by Gasteiger charge is 2.20. The molecule has 0 radical (unpaired) electrons. The molecule has 1 aromatic carbocycles. The van der Waals surface area contributed by atoms with Gasteiger partial charge in [-0.15, -0.1) is 11.8 Å². The van der Waals surface area contributed by atoms with Crippen LogP contribution in [0, 0.1) is 5.82 Å². The van der Waals surface area contributed by atoms with Gasteiger partial charge < -0.3 is 4.90 Å². The lowest BCUT2D eigenvalue weighted by atomic mass is 10.1. The van der Waals surface area contributed by atoms with Crippen molar-refractivity contribution in [3.63, 3.8) is 0 Å². The second kappa shape index (κ2) is 5.19. The van der Waals surface area contributed by atoms with E-state index in [2.05, 4.69) is 9.97 Å². The van der Waals surface area contributed by atoms with Crippen LogP contribution in [0.15, 0.2) is 41.9 Å². The van der Waals surface area contributed by atoms with Crippen LogP contribution in [-0.4, -0.2) is 15.8 Å². The zero-order valence-electron chi connectivity index (χ0n) is 9.75. The van der Waals surface area contributed by atoms with Gasteiger partial charge in [0.2, 0.25) is 5.28 Å². The molecule has 19 heavy (non-hydrogen) atoms. The van der Waals surface area contributed by atoms with Crippen LogP contribution in [0.3, 0.4) is 0 Å². The van der Waals surface area contributed by atoms with Crippen molar-refractivity contribution in [2.45, 2.75) is 0 Å². The minimum Gasteiger partial charge on any atom is -0.315 e. The number of halogens is 2. The van der Waals surface area contributed by atoms with E-state index in [0.717, 1.165) is 23.0 Å². The Morgan fingerprint density at radius 1 is 1.21 bits per heavy atom. The SMILES string of the molecule is Fc1ccc(C2=CSCN2c2ccnc(Cl)n2)cc1. The molecule has 0 saturated heterocycles. The molecule has 6 heteroatoms. The van der Waals surface area contributed by atoms with Crippen molar-refractivity contribution >= 4 is 34.9 Å². The van der Waals surface area contributed by atoms with E-state index >= 15 is 0 Å². The number of benzene rings is 1. The van der Waals surface area contributed by atoms with Crippen LogP contribution < -0.4 is 4.90 Å². The molecule has 0 fully saturated rings. The molecule has 0 amide bonds. The Labute approximate surface area is 119 Å². The summed E-state index contributed by atoms with van der Waals surface area (Å²) in [6, 6.07) is 8.20. The summed E-state index contributed by atoms with van der Waals surface area (Å²) >= 11 is 7.47. The number of hydrogen-bond donors (Lipinski definition) is 0. The second-order valence-corrected chi connectivity index (χ2v) is 5.08. The van der Waals surface area contributed by atoms with Gasteiger partial charge in [-0.2, -0.15) is 0 Å². The summed E-state index contributed by atoms with van der Waals surface area (Å²) in [6.07, 6.45) is 1.62. The standard InChI is InChI=1S/C13H9ClFN3S/c14-13-16-6-5-12(17-13)18-8-19-7-11(18)9-1-3-10(15)4-2-9/h1-7H,8H2. The maximum absolute atomic E-state index is 13.0. The van der Waals surface area contributed by atoms with E-state index in [1.54, 1.807) is 36.2 Å². The highest BCUT2D eigenvalue weighted by atomic mass is 35.5. The first-order chi connectivity index (χ1) is 9.24. The molecular weight excluding hydrogens is 285 g/mol. The molecule has 0 N–H and O–H groups in total. The van der Waals surface area contributed by atoms with Gasteiger partial charge in [0, 0.05) is 6.20 Å². The van der Waals surface area contributed by atoms with Crippen molar-refractivity contribution in [1.29, 1.82) is 0 Å². The van der Waals surface area contributed by atoms with Crippen LogP contribution in [0.2, 0.25) is 5.28 Å². The van der Waals surface area contributed by atoms with E-state index in [9.17, 15) is 4.39 Å². The molecule has 0 bridgehead atoms. The molecule has 3 nitrogen and oxygen atoms in total. The van der Waals surface area contributed by atoms with Crippen LogP contribution >= 0.6 is 23.4 Å². The van der Waals surface area contributed by atoms with Crippen molar-refractivity contribution < 1.29 is 4.39 Å². The number of rotatable bonds is 2. The van der Waals surface area contributed by atoms with Crippen molar-refractivity contribution in [1.82, 2.24) is 9.97 Å². The molecule has 2 aromatic rings.